The van der Waals surface area contributed by atoms with Crippen LogP contribution in [0.15, 0.2) is 0 Å². The van der Waals surface area contributed by atoms with Crippen LogP contribution in [0.25, 0.3) is 0 Å². The van der Waals surface area contributed by atoms with Gasteiger partial charge >= 0.3 is 17.9 Å². The van der Waals surface area contributed by atoms with Gasteiger partial charge in [-0.3, -0.25) is 14.4 Å². The van der Waals surface area contributed by atoms with Gasteiger partial charge in [-0.05, 0) is 31.1 Å². The zero-order valence-corrected chi connectivity index (χ0v) is 40.4. The second kappa shape index (κ2) is 45.9. The molecule has 0 amide bonds. The van der Waals surface area contributed by atoms with Gasteiger partial charge in [0, 0.05) is 19.3 Å². The Morgan fingerprint density at radius 1 is 0.356 bits per heavy atom. The van der Waals surface area contributed by atoms with E-state index in [1.165, 1.54) is 180 Å². The molecule has 0 saturated carbocycles. The number of hydrogen-bond donors (Lipinski definition) is 0. The summed E-state index contributed by atoms with van der Waals surface area (Å²) < 4.78 is 16.8. The molecule has 6 nitrogen and oxygen atoms in total. The van der Waals surface area contributed by atoms with Crippen LogP contribution in [0, 0.1) is 11.8 Å². The van der Waals surface area contributed by atoms with E-state index in [1.54, 1.807) is 0 Å². The molecule has 350 valence electrons. The van der Waals surface area contributed by atoms with Gasteiger partial charge in [0.1, 0.15) is 13.2 Å². The van der Waals surface area contributed by atoms with Gasteiger partial charge in [-0.25, -0.2) is 0 Å². The van der Waals surface area contributed by atoms with E-state index in [4.69, 9.17) is 14.2 Å². The van der Waals surface area contributed by atoms with Crippen LogP contribution in [0.1, 0.15) is 291 Å². The molecule has 0 aliphatic heterocycles. The normalized spacial score (nSPS) is 12.5. The molecule has 0 fully saturated rings. The topological polar surface area (TPSA) is 78.9 Å². The quantitative estimate of drug-likeness (QED) is 0.0345. The summed E-state index contributed by atoms with van der Waals surface area (Å²) in [4.78, 5) is 37.9. The second-order valence-electron chi connectivity index (χ2n) is 18.9. The zero-order chi connectivity index (χ0) is 43.3. The molecule has 0 saturated heterocycles. The number of carbonyl (C=O) groups excluding carboxylic acids is 3. The summed E-state index contributed by atoms with van der Waals surface area (Å²) in [5.74, 6) is 0.867. The molecule has 0 spiro atoms. The van der Waals surface area contributed by atoms with Gasteiger partial charge in [0.05, 0.1) is 0 Å². The Kier molecular flexibility index (Phi) is 44.7. The van der Waals surface area contributed by atoms with Gasteiger partial charge in [-0.15, -0.1) is 0 Å². The van der Waals surface area contributed by atoms with E-state index in [0.717, 1.165) is 69.6 Å². The van der Waals surface area contributed by atoms with Crippen molar-refractivity contribution in [2.45, 2.75) is 298 Å². The largest absolute Gasteiger partial charge is 0.462 e. The van der Waals surface area contributed by atoms with E-state index >= 15 is 0 Å². The maximum atomic E-state index is 12.8. The summed E-state index contributed by atoms with van der Waals surface area (Å²) in [5, 5.41) is 0. The molecule has 0 bridgehead atoms. The van der Waals surface area contributed by atoms with E-state index < -0.39 is 6.10 Å². The minimum absolute atomic E-state index is 0.0637. The first-order chi connectivity index (χ1) is 28.8. The molecule has 0 radical (unpaired) electrons. The highest BCUT2D eigenvalue weighted by Crippen LogP contribution is 2.18. The molecular formula is C53H102O6. The lowest BCUT2D eigenvalue weighted by atomic mass is 9.99. The monoisotopic (exact) mass is 835 g/mol. The number of hydrogen-bond acceptors (Lipinski definition) is 6. The van der Waals surface area contributed by atoms with Crippen LogP contribution in [-0.2, 0) is 28.6 Å². The van der Waals surface area contributed by atoms with E-state index in [1.807, 2.05) is 0 Å². The predicted octanol–water partition coefficient (Wildman–Crippen LogP) is 16.9. The summed E-state index contributed by atoms with van der Waals surface area (Å²) in [5.41, 5.74) is 0. The van der Waals surface area contributed by atoms with Crippen LogP contribution in [0.3, 0.4) is 0 Å². The first-order valence-corrected chi connectivity index (χ1v) is 26.3. The van der Waals surface area contributed by atoms with Gasteiger partial charge in [0.15, 0.2) is 6.10 Å². The molecule has 0 heterocycles. The molecule has 0 aromatic heterocycles. The highest BCUT2D eigenvalue weighted by Gasteiger charge is 2.19. The van der Waals surface area contributed by atoms with E-state index in [9.17, 15) is 14.4 Å². The molecule has 59 heavy (non-hydrogen) atoms. The summed E-state index contributed by atoms with van der Waals surface area (Å²) in [6.07, 6.45) is 46.6. The van der Waals surface area contributed by atoms with Crippen LogP contribution >= 0.6 is 0 Å². The predicted molar refractivity (Wildman–Crippen MR) is 252 cm³/mol. The summed E-state index contributed by atoms with van der Waals surface area (Å²) in [6.45, 7) is 11.4. The highest BCUT2D eigenvalue weighted by molar-refractivity contribution is 5.71. The molecule has 2 atom stereocenters. The Balaban J connectivity index is 4.25. The van der Waals surface area contributed by atoms with Crippen LogP contribution in [0.5, 0.6) is 0 Å². The first kappa shape index (κ1) is 57.4. The molecule has 0 rings (SSSR count). The SMILES string of the molecule is CCCCCCCCCCCC(=O)OC[C@@H](COC(=O)CCCCCCCCCCCCCCCCCC(C)C)OC(=O)CCCCCCCCCCCCC(C)CC. The number of carbonyl (C=O) groups is 3. The Bertz CT molecular complexity index is 902. The Morgan fingerprint density at radius 2 is 0.644 bits per heavy atom. The van der Waals surface area contributed by atoms with Gasteiger partial charge < -0.3 is 14.2 Å². The minimum atomic E-state index is -0.761. The summed E-state index contributed by atoms with van der Waals surface area (Å²) in [7, 11) is 0. The molecule has 0 aromatic carbocycles. The summed E-state index contributed by atoms with van der Waals surface area (Å²) >= 11 is 0. The Hall–Kier alpha value is -1.59. The van der Waals surface area contributed by atoms with Crippen molar-refractivity contribution in [3.63, 3.8) is 0 Å². The van der Waals surface area contributed by atoms with Gasteiger partial charge in [0.2, 0.25) is 0 Å². The zero-order valence-electron chi connectivity index (χ0n) is 40.4. The molecule has 0 aliphatic rings. The Labute approximate surface area is 368 Å². The summed E-state index contributed by atoms with van der Waals surface area (Å²) in [6, 6.07) is 0. The maximum absolute atomic E-state index is 12.8. The van der Waals surface area contributed by atoms with Crippen molar-refractivity contribution in [3.8, 4) is 0 Å². The molecule has 0 N–H and O–H groups in total. The van der Waals surface area contributed by atoms with Crippen LogP contribution in [-0.4, -0.2) is 37.2 Å². The first-order valence-electron chi connectivity index (χ1n) is 26.3. The van der Waals surface area contributed by atoms with Gasteiger partial charge in [-0.1, -0.05) is 253 Å². The molecule has 1 unspecified atom stereocenters. The van der Waals surface area contributed by atoms with Crippen molar-refractivity contribution in [2.24, 2.45) is 11.8 Å². The number of ether oxygens (including phenoxy) is 3. The third-order valence-electron chi connectivity index (χ3n) is 12.3. The van der Waals surface area contributed by atoms with E-state index in [-0.39, 0.29) is 31.1 Å². The molecule has 0 aliphatic carbocycles. The third-order valence-corrected chi connectivity index (χ3v) is 12.3. The standard InChI is InChI=1S/C53H102O6/c1-6-8-9-10-11-21-28-33-38-43-51(54)57-46-50(59-53(56)45-40-35-30-25-20-19-23-27-32-37-42-49(5)7-2)47-58-52(55)44-39-34-29-24-18-16-14-12-13-15-17-22-26-31-36-41-48(3)4/h48-50H,6-47H2,1-5H3/t49?,50-/m0/s1. The van der Waals surface area contributed by atoms with Gasteiger partial charge in [-0.2, -0.15) is 0 Å². The van der Waals surface area contributed by atoms with Crippen LogP contribution < -0.4 is 0 Å². The fraction of sp³-hybridized carbons (Fsp3) is 0.943. The van der Waals surface area contributed by atoms with E-state index in [0.29, 0.717) is 19.3 Å². The van der Waals surface area contributed by atoms with Crippen molar-refractivity contribution in [1.29, 1.82) is 0 Å². The maximum Gasteiger partial charge on any atom is 0.306 e. The smallest absolute Gasteiger partial charge is 0.306 e. The van der Waals surface area contributed by atoms with Crippen molar-refractivity contribution >= 4 is 17.9 Å². The number of rotatable bonds is 47. The lowest BCUT2D eigenvalue weighted by Gasteiger charge is -2.18. The molecule has 0 aromatic rings. The number of esters is 3. The highest BCUT2D eigenvalue weighted by atomic mass is 16.6. The molecule has 6 heteroatoms. The van der Waals surface area contributed by atoms with Crippen molar-refractivity contribution in [2.75, 3.05) is 13.2 Å². The fourth-order valence-electron chi connectivity index (χ4n) is 7.96. The fourth-order valence-corrected chi connectivity index (χ4v) is 7.96. The average molecular weight is 835 g/mol. The Morgan fingerprint density at radius 3 is 0.966 bits per heavy atom. The lowest BCUT2D eigenvalue weighted by molar-refractivity contribution is -0.167. The third kappa shape index (κ3) is 45.8. The second-order valence-corrected chi connectivity index (χ2v) is 18.9. The van der Waals surface area contributed by atoms with Crippen molar-refractivity contribution in [1.82, 2.24) is 0 Å². The van der Waals surface area contributed by atoms with Crippen LogP contribution in [0.2, 0.25) is 0 Å². The average Bonchev–Trinajstić information content (AvgIpc) is 3.22. The van der Waals surface area contributed by atoms with Crippen LogP contribution in [0.4, 0.5) is 0 Å². The number of unbranched alkanes of at least 4 members (excludes halogenated alkanes) is 31. The van der Waals surface area contributed by atoms with Crippen molar-refractivity contribution < 1.29 is 28.6 Å². The lowest BCUT2D eigenvalue weighted by Crippen LogP contribution is -2.30. The van der Waals surface area contributed by atoms with Crippen molar-refractivity contribution in [3.05, 3.63) is 0 Å². The van der Waals surface area contributed by atoms with Gasteiger partial charge in [0.25, 0.3) is 0 Å². The van der Waals surface area contributed by atoms with E-state index in [2.05, 4.69) is 34.6 Å². The molecular weight excluding hydrogens is 733 g/mol. The minimum Gasteiger partial charge on any atom is -0.462 e.